The molecule has 33 heteroatoms. The van der Waals surface area contributed by atoms with E-state index in [1.54, 1.807) is 13.2 Å². The van der Waals surface area contributed by atoms with Gasteiger partial charge in [0.25, 0.3) is 0 Å². The van der Waals surface area contributed by atoms with Crippen LogP contribution in [0.2, 0.25) is 0 Å². The first-order valence-corrected chi connectivity index (χ1v) is 28.0. The number of unbranched alkanes of at least 4 members (excludes halogenated alkanes) is 1. The summed E-state index contributed by atoms with van der Waals surface area (Å²) in [6.07, 6.45) is -2.88. The molecule has 462 valence electrons. The van der Waals surface area contributed by atoms with Crippen molar-refractivity contribution < 1.29 is 92.3 Å². The van der Waals surface area contributed by atoms with Gasteiger partial charge in [0, 0.05) is 32.2 Å². The van der Waals surface area contributed by atoms with Gasteiger partial charge in [-0.25, -0.2) is 4.79 Å². The van der Waals surface area contributed by atoms with Crippen molar-refractivity contribution in [1.29, 1.82) is 0 Å². The Morgan fingerprint density at radius 1 is 0.537 bits per heavy atom. The summed E-state index contributed by atoms with van der Waals surface area (Å²) in [7, 11) is 0. The van der Waals surface area contributed by atoms with Crippen LogP contribution in [-0.2, 0) is 71.9 Å². The molecule has 1 aliphatic rings. The summed E-state index contributed by atoms with van der Waals surface area (Å²) >= 11 is 1.20. The molecular weight excluding hydrogens is 1110 g/mol. The number of carbonyl (C=O) groups excluding carboxylic acids is 11. The van der Waals surface area contributed by atoms with Gasteiger partial charge in [-0.05, 0) is 95.6 Å². The lowest BCUT2D eigenvalue weighted by molar-refractivity contribution is -0.143. The third-order valence-corrected chi connectivity index (χ3v) is 13.7. The maximum atomic E-state index is 14.2. The van der Waals surface area contributed by atoms with Crippen molar-refractivity contribution in [3.8, 4) is 0 Å². The number of primary amides is 2. The zero-order valence-electron chi connectivity index (χ0n) is 46.4. The highest BCUT2D eigenvalue weighted by Crippen LogP contribution is 2.19. The van der Waals surface area contributed by atoms with Gasteiger partial charge < -0.3 is 90.8 Å². The lowest BCUT2D eigenvalue weighted by atomic mass is 9.96. The van der Waals surface area contributed by atoms with Gasteiger partial charge in [-0.15, -0.1) is 0 Å². The van der Waals surface area contributed by atoms with Crippen LogP contribution in [0.25, 0.3) is 0 Å². The van der Waals surface area contributed by atoms with Crippen LogP contribution >= 0.6 is 11.8 Å². The number of carboxylic acid groups (broad SMARTS) is 4. The monoisotopic (exact) mass is 1190 g/mol. The summed E-state index contributed by atoms with van der Waals surface area (Å²) in [5, 5.41) is 57.3. The van der Waals surface area contributed by atoms with Crippen LogP contribution in [0.4, 0.5) is 0 Å². The van der Waals surface area contributed by atoms with E-state index in [0.717, 1.165) is 0 Å². The number of amides is 11. The minimum Gasteiger partial charge on any atom is -0.481 e. The Morgan fingerprint density at radius 3 is 1.37 bits per heavy atom. The average molecular weight is 1190 g/mol. The molecule has 0 spiro atoms. The van der Waals surface area contributed by atoms with E-state index in [1.165, 1.54) is 30.5 Å². The van der Waals surface area contributed by atoms with Gasteiger partial charge in [-0.1, -0.05) is 20.3 Å². The van der Waals surface area contributed by atoms with Crippen LogP contribution in [0.15, 0.2) is 0 Å². The third-order valence-electron chi connectivity index (χ3n) is 13.0. The Morgan fingerprint density at radius 2 is 0.951 bits per heavy atom. The van der Waals surface area contributed by atoms with Crippen LogP contribution < -0.4 is 65.5 Å². The highest BCUT2D eigenvalue weighted by molar-refractivity contribution is 7.98. The topological polar surface area (TPSA) is 541 Å². The molecule has 82 heavy (non-hydrogen) atoms. The molecule has 0 aliphatic carbocycles. The molecule has 32 nitrogen and oxygen atoms in total. The Hall–Kier alpha value is -7.68. The van der Waals surface area contributed by atoms with E-state index in [4.69, 9.17) is 22.9 Å². The van der Waals surface area contributed by atoms with Crippen LogP contribution in [0.5, 0.6) is 0 Å². The maximum absolute atomic E-state index is 14.2. The van der Waals surface area contributed by atoms with E-state index < -0.39 is 213 Å². The van der Waals surface area contributed by atoms with E-state index >= 15 is 0 Å². The number of carbonyl (C=O) groups is 15. The Bertz CT molecular complexity index is 2290. The number of rotatable bonds is 41. The fourth-order valence-electron chi connectivity index (χ4n) is 8.23. The fourth-order valence-corrected chi connectivity index (χ4v) is 8.71. The van der Waals surface area contributed by atoms with Crippen LogP contribution in [0.3, 0.4) is 0 Å². The van der Waals surface area contributed by atoms with Crippen molar-refractivity contribution in [1.82, 2.24) is 47.4 Å². The quantitative estimate of drug-likeness (QED) is 0.0255. The number of hydrogen-bond acceptors (Lipinski definition) is 18. The second-order valence-corrected chi connectivity index (χ2v) is 20.6. The number of likely N-dealkylation sites (tertiary alicyclic amines) is 1. The first-order valence-electron chi connectivity index (χ1n) is 26.6. The molecule has 1 heterocycles. The van der Waals surface area contributed by atoms with Gasteiger partial charge in [0.2, 0.25) is 65.0 Å². The lowest BCUT2D eigenvalue weighted by Crippen LogP contribution is -2.61. The predicted molar refractivity (Wildman–Crippen MR) is 290 cm³/mol. The summed E-state index contributed by atoms with van der Waals surface area (Å²) in [6, 6.07) is -15.5. The van der Waals surface area contributed by atoms with Gasteiger partial charge >= 0.3 is 23.9 Å². The van der Waals surface area contributed by atoms with Gasteiger partial charge in [0.1, 0.15) is 54.4 Å². The second kappa shape index (κ2) is 37.4. The molecule has 1 rings (SSSR count). The lowest BCUT2D eigenvalue weighted by Gasteiger charge is -2.30. The number of nitrogens with zero attached hydrogens (tertiary/aromatic N) is 1. The summed E-state index contributed by atoms with van der Waals surface area (Å²) in [6.45, 7) is 4.97. The molecule has 0 unspecified atom stereocenters. The zero-order chi connectivity index (χ0) is 62.4. The van der Waals surface area contributed by atoms with Crippen molar-refractivity contribution in [2.24, 2.45) is 28.9 Å². The second-order valence-electron chi connectivity index (χ2n) is 19.7. The summed E-state index contributed by atoms with van der Waals surface area (Å²) in [4.78, 5) is 196. The van der Waals surface area contributed by atoms with E-state index in [1.807, 2.05) is 0 Å². The summed E-state index contributed by atoms with van der Waals surface area (Å²) in [5.41, 5.74) is 21.8. The highest BCUT2D eigenvalue weighted by Gasteiger charge is 2.39. The smallest absolute Gasteiger partial charge is 0.326 e. The Balaban J connectivity index is 3.56. The number of aliphatic carboxylic acids is 4. The summed E-state index contributed by atoms with van der Waals surface area (Å²) < 4.78 is 0. The molecule has 0 radical (unpaired) electrons. The first kappa shape index (κ1) is 72.3. The number of hydrogen-bond donors (Lipinski definition) is 16. The molecule has 0 bridgehead atoms. The Kier molecular flexibility index (Phi) is 33.0. The normalized spacial score (nSPS) is 16.5. The molecule has 1 saturated heterocycles. The zero-order valence-corrected chi connectivity index (χ0v) is 47.2. The van der Waals surface area contributed by atoms with E-state index in [-0.39, 0.29) is 44.5 Å². The van der Waals surface area contributed by atoms with Crippen molar-refractivity contribution in [2.45, 2.75) is 184 Å². The molecule has 0 aromatic heterocycles. The average Bonchev–Trinajstić information content (AvgIpc) is 3.99. The molecule has 20 N–H and O–H groups in total. The summed E-state index contributed by atoms with van der Waals surface area (Å²) in [5.74, 6) is -17.7. The van der Waals surface area contributed by atoms with Gasteiger partial charge in [0.05, 0.1) is 12.5 Å². The molecule has 0 saturated carbocycles. The highest BCUT2D eigenvalue weighted by atomic mass is 32.2. The standard InChI is InChI=1S/C49H81N13O19S/c1-5-24(2)39(61-44(75)29(14-18-37(67)68)55-41(72)28(13-17-36(65)66)57-46(77)33-10-8-21-62(33)48(79)25(3)51)47(78)58-30(19-22-82-4)43(74)60-32(23-38(69)70)45(76)56-26(11-15-34(52)63)40(71)54-27(12-16-35(53)64)42(73)59-31(49(80)81)9-6-7-20-50/h24-33,39H,5-23,50-51H2,1-4H3,(H2,52,63)(H2,53,64)(H,54,71)(H,55,72)(H,56,76)(H,57,77)(H,58,78)(H,59,73)(H,60,74)(H,61,75)(H,65,66)(H,67,68)(H,69,70)(H,80,81)/t24-,25-,26-,27-,28-,29-,30-,31-,32-,33-,39-/m0/s1. The molecular formula is C49H81N13O19S. The number of nitrogens with two attached hydrogens (primary N) is 4. The molecule has 0 aromatic carbocycles. The molecule has 1 fully saturated rings. The minimum absolute atomic E-state index is 0.0648. The largest absolute Gasteiger partial charge is 0.481 e. The molecule has 1 aliphatic heterocycles. The fraction of sp³-hybridized carbons (Fsp3) is 0.694. The number of nitrogens with one attached hydrogen (secondary N) is 8. The molecule has 11 amide bonds. The van der Waals surface area contributed by atoms with Gasteiger partial charge in [-0.2, -0.15) is 11.8 Å². The van der Waals surface area contributed by atoms with E-state index in [2.05, 4.69) is 42.5 Å². The Labute approximate surface area is 476 Å². The van der Waals surface area contributed by atoms with Crippen molar-refractivity contribution in [3.05, 3.63) is 0 Å². The van der Waals surface area contributed by atoms with Crippen LogP contribution in [-0.4, -0.2) is 200 Å². The van der Waals surface area contributed by atoms with Crippen molar-refractivity contribution in [3.63, 3.8) is 0 Å². The van der Waals surface area contributed by atoms with Gasteiger partial charge in [0.15, 0.2) is 0 Å². The minimum atomic E-state index is -2.02. The van der Waals surface area contributed by atoms with Crippen LogP contribution in [0.1, 0.15) is 124 Å². The molecule has 0 aromatic rings. The molecule has 11 atom stereocenters. The van der Waals surface area contributed by atoms with E-state index in [0.29, 0.717) is 19.3 Å². The van der Waals surface area contributed by atoms with Crippen molar-refractivity contribution >= 4 is 101 Å². The van der Waals surface area contributed by atoms with Crippen LogP contribution in [0, 0.1) is 5.92 Å². The van der Waals surface area contributed by atoms with Gasteiger partial charge in [-0.3, -0.25) is 67.1 Å². The third kappa shape index (κ3) is 26.7. The number of thioether (sulfide) groups is 1. The maximum Gasteiger partial charge on any atom is 0.326 e. The van der Waals surface area contributed by atoms with Crippen molar-refractivity contribution in [2.75, 3.05) is 25.1 Å². The SMILES string of the molecule is CC[C@H](C)[C@H](NC(=O)[C@H](CCC(=O)O)NC(=O)[C@H](CCC(=O)O)NC(=O)[C@@H]1CCCN1C(=O)[C@H](C)N)C(=O)N[C@@H](CCSC)C(=O)N[C@@H](CC(=O)O)C(=O)N[C@@H](CCC(N)=O)C(=O)N[C@@H](CCC(N)=O)C(=O)N[C@@H](CCCCN)C(=O)O. The van der Waals surface area contributed by atoms with E-state index in [9.17, 15) is 92.3 Å². The number of carboxylic acids is 4. The first-order chi connectivity index (χ1) is 38.5. The predicted octanol–water partition coefficient (Wildman–Crippen LogP) is -5.05.